The molecule has 1 aromatic heterocycles. The maximum Gasteiger partial charge on any atom is 0.210 e. The standard InChI is InChI=1S/C8H5N5/c9-6-13-8(10-11-12-13)7-4-2-1-3-5-7/h1-5H. The van der Waals surface area contributed by atoms with Gasteiger partial charge in [-0.25, -0.2) is 0 Å². The Morgan fingerprint density at radius 1 is 1.23 bits per heavy atom. The van der Waals surface area contributed by atoms with E-state index < -0.39 is 0 Å². The van der Waals surface area contributed by atoms with Gasteiger partial charge in [-0.2, -0.15) is 5.26 Å². The fourth-order valence-electron chi connectivity index (χ4n) is 1.02. The first kappa shape index (κ1) is 7.43. The van der Waals surface area contributed by atoms with Gasteiger partial charge in [0.2, 0.25) is 6.19 Å². The number of tetrazole rings is 1. The van der Waals surface area contributed by atoms with Crippen molar-refractivity contribution in [2.45, 2.75) is 0 Å². The molecule has 0 amide bonds. The smallest absolute Gasteiger partial charge is 0.170 e. The number of hydrogen-bond acceptors (Lipinski definition) is 4. The molecule has 2 rings (SSSR count). The van der Waals surface area contributed by atoms with Gasteiger partial charge >= 0.3 is 0 Å². The van der Waals surface area contributed by atoms with E-state index in [1.165, 1.54) is 0 Å². The van der Waals surface area contributed by atoms with Crippen LogP contribution in [0.4, 0.5) is 0 Å². The third kappa shape index (κ3) is 1.25. The van der Waals surface area contributed by atoms with Crippen LogP contribution in [0, 0.1) is 11.5 Å². The third-order valence-electron chi connectivity index (χ3n) is 1.60. The van der Waals surface area contributed by atoms with Crippen LogP contribution < -0.4 is 0 Å². The molecule has 0 saturated carbocycles. The first-order chi connectivity index (χ1) is 6.42. The molecule has 0 fully saturated rings. The van der Waals surface area contributed by atoms with E-state index in [4.69, 9.17) is 5.26 Å². The highest BCUT2D eigenvalue weighted by atomic mass is 15.5. The Morgan fingerprint density at radius 2 is 2.00 bits per heavy atom. The van der Waals surface area contributed by atoms with Gasteiger partial charge in [-0.1, -0.05) is 30.3 Å². The highest BCUT2D eigenvalue weighted by Crippen LogP contribution is 2.13. The summed E-state index contributed by atoms with van der Waals surface area (Å²) in [6.45, 7) is 0. The normalized spacial score (nSPS) is 9.46. The molecule has 5 heteroatoms. The second-order valence-electron chi connectivity index (χ2n) is 2.38. The molecule has 0 aliphatic heterocycles. The van der Waals surface area contributed by atoms with Crippen molar-refractivity contribution >= 4 is 0 Å². The van der Waals surface area contributed by atoms with Crippen LogP contribution in [0.2, 0.25) is 0 Å². The monoisotopic (exact) mass is 171 g/mol. The highest BCUT2D eigenvalue weighted by molar-refractivity contribution is 5.54. The van der Waals surface area contributed by atoms with E-state index >= 15 is 0 Å². The molecule has 0 aliphatic rings. The molecular formula is C8H5N5. The van der Waals surface area contributed by atoms with Crippen molar-refractivity contribution in [3.63, 3.8) is 0 Å². The number of nitrogens with zero attached hydrogens (tertiary/aromatic N) is 5. The Morgan fingerprint density at radius 3 is 2.69 bits per heavy atom. The highest BCUT2D eigenvalue weighted by Gasteiger charge is 2.06. The maximum atomic E-state index is 8.64. The van der Waals surface area contributed by atoms with E-state index in [1.807, 2.05) is 36.5 Å². The second-order valence-corrected chi connectivity index (χ2v) is 2.38. The lowest BCUT2D eigenvalue weighted by atomic mass is 10.2. The van der Waals surface area contributed by atoms with Gasteiger partial charge in [-0.05, 0) is 10.4 Å². The predicted octanol–water partition coefficient (Wildman–Crippen LogP) is 0.669. The van der Waals surface area contributed by atoms with E-state index in [0.717, 1.165) is 10.2 Å². The average Bonchev–Trinajstić information content (AvgIpc) is 2.67. The first-order valence-electron chi connectivity index (χ1n) is 3.66. The molecule has 5 nitrogen and oxygen atoms in total. The summed E-state index contributed by atoms with van der Waals surface area (Å²) in [5.74, 6) is 0.461. The summed E-state index contributed by atoms with van der Waals surface area (Å²) < 4.78 is 1.08. The van der Waals surface area contributed by atoms with Crippen molar-refractivity contribution in [2.75, 3.05) is 0 Å². The Hall–Kier alpha value is -2.22. The predicted molar refractivity (Wildman–Crippen MR) is 44.3 cm³/mol. The Labute approximate surface area is 74.2 Å². The molecule has 0 radical (unpaired) electrons. The van der Waals surface area contributed by atoms with Crippen LogP contribution in [0.15, 0.2) is 30.3 Å². The fourth-order valence-corrected chi connectivity index (χ4v) is 1.02. The van der Waals surface area contributed by atoms with Crippen LogP contribution >= 0.6 is 0 Å². The number of aromatic nitrogens is 4. The van der Waals surface area contributed by atoms with Gasteiger partial charge in [0, 0.05) is 5.56 Å². The molecule has 0 N–H and O–H groups in total. The van der Waals surface area contributed by atoms with Gasteiger partial charge in [0.25, 0.3) is 0 Å². The lowest BCUT2D eigenvalue weighted by Gasteiger charge is -1.93. The zero-order chi connectivity index (χ0) is 9.10. The topological polar surface area (TPSA) is 67.4 Å². The van der Waals surface area contributed by atoms with E-state index in [0.29, 0.717) is 5.82 Å². The molecule has 0 spiro atoms. The minimum atomic E-state index is 0.461. The molecule has 62 valence electrons. The molecule has 1 aromatic carbocycles. The van der Waals surface area contributed by atoms with E-state index in [2.05, 4.69) is 15.5 Å². The van der Waals surface area contributed by atoms with E-state index in [1.54, 1.807) is 0 Å². The number of nitriles is 1. The zero-order valence-corrected chi connectivity index (χ0v) is 6.62. The van der Waals surface area contributed by atoms with Crippen LogP contribution in [0.3, 0.4) is 0 Å². The fraction of sp³-hybridized carbons (Fsp3) is 0. The van der Waals surface area contributed by atoms with Gasteiger partial charge in [0.05, 0.1) is 0 Å². The quantitative estimate of drug-likeness (QED) is 0.632. The van der Waals surface area contributed by atoms with E-state index in [-0.39, 0.29) is 0 Å². The van der Waals surface area contributed by atoms with Gasteiger partial charge in [0.15, 0.2) is 5.82 Å². The summed E-state index contributed by atoms with van der Waals surface area (Å²) in [6.07, 6.45) is 1.85. The SMILES string of the molecule is N#Cn1nnnc1-c1ccccc1. The Balaban J connectivity index is 2.54. The van der Waals surface area contributed by atoms with Gasteiger partial charge in [0.1, 0.15) is 0 Å². The maximum absolute atomic E-state index is 8.64. The van der Waals surface area contributed by atoms with Gasteiger partial charge < -0.3 is 0 Å². The molecule has 0 aliphatic carbocycles. The van der Waals surface area contributed by atoms with E-state index in [9.17, 15) is 0 Å². The minimum Gasteiger partial charge on any atom is -0.170 e. The summed E-state index contributed by atoms with van der Waals surface area (Å²) in [4.78, 5) is 0. The molecule has 0 atom stereocenters. The van der Waals surface area contributed by atoms with Crippen LogP contribution in [-0.4, -0.2) is 20.2 Å². The third-order valence-corrected chi connectivity index (χ3v) is 1.60. The number of rotatable bonds is 1. The van der Waals surface area contributed by atoms with Crippen molar-refractivity contribution in [3.8, 4) is 17.6 Å². The second kappa shape index (κ2) is 3.03. The lowest BCUT2D eigenvalue weighted by Crippen LogP contribution is -1.94. The van der Waals surface area contributed by atoms with Crippen molar-refractivity contribution in [1.82, 2.24) is 20.2 Å². The number of benzene rings is 1. The minimum absolute atomic E-state index is 0.461. The molecule has 1 heterocycles. The first-order valence-corrected chi connectivity index (χ1v) is 3.66. The lowest BCUT2D eigenvalue weighted by molar-refractivity contribution is 0.801. The number of hydrogen-bond donors (Lipinski definition) is 0. The van der Waals surface area contributed by atoms with Crippen molar-refractivity contribution in [3.05, 3.63) is 30.3 Å². The molecular weight excluding hydrogens is 166 g/mol. The van der Waals surface area contributed by atoms with Crippen LogP contribution in [0.25, 0.3) is 11.4 Å². The van der Waals surface area contributed by atoms with Crippen LogP contribution in [0.1, 0.15) is 0 Å². The van der Waals surface area contributed by atoms with Crippen LogP contribution in [-0.2, 0) is 0 Å². The molecule has 13 heavy (non-hydrogen) atoms. The van der Waals surface area contributed by atoms with Crippen molar-refractivity contribution in [1.29, 1.82) is 5.26 Å². The Bertz CT molecular complexity index is 439. The van der Waals surface area contributed by atoms with Gasteiger partial charge in [-0.3, -0.25) is 0 Å². The summed E-state index contributed by atoms with van der Waals surface area (Å²) in [5, 5.41) is 19.3. The Kier molecular flexibility index (Phi) is 1.73. The molecule has 0 unspecified atom stereocenters. The molecule has 2 aromatic rings. The van der Waals surface area contributed by atoms with Gasteiger partial charge in [-0.15, -0.1) is 9.78 Å². The molecule has 0 bridgehead atoms. The summed E-state index contributed by atoms with van der Waals surface area (Å²) >= 11 is 0. The average molecular weight is 171 g/mol. The van der Waals surface area contributed by atoms with Crippen molar-refractivity contribution < 1.29 is 0 Å². The summed E-state index contributed by atoms with van der Waals surface area (Å²) in [7, 11) is 0. The summed E-state index contributed by atoms with van der Waals surface area (Å²) in [6, 6.07) is 9.32. The van der Waals surface area contributed by atoms with Crippen molar-refractivity contribution in [2.24, 2.45) is 0 Å². The zero-order valence-electron chi connectivity index (χ0n) is 6.62. The molecule has 0 saturated heterocycles. The summed E-state index contributed by atoms with van der Waals surface area (Å²) in [5.41, 5.74) is 0.828. The largest absolute Gasteiger partial charge is 0.210 e. The van der Waals surface area contributed by atoms with Crippen LogP contribution in [0.5, 0.6) is 0 Å².